The Balaban J connectivity index is 0.00000144. The lowest BCUT2D eigenvalue weighted by Crippen LogP contribution is -2.35. The number of nitrogens with one attached hydrogen (secondary N) is 1. The van der Waals surface area contributed by atoms with E-state index in [0.717, 1.165) is 6.42 Å². The van der Waals surface area contributed by atoms with Crippen LogP contribution in [0.25, 0.3) is 21.5 Å². The van der Waals surface area contributed by atoms with Crippen LogP contribution in [0, 0.1) is 0 Å². The van der Waals surface area contributed by atoms with Gasteiger partial charge in [0.15, 0.2) is 0 Å². The largest absolute Gasteiger partial charge is 0.449 e. The summed E-state index contributed by atoms with van der Waals surface area (Å²) >= 11 is 0. The summed E-state index contributed by atoms with van der Waals surface area (Å²) in [5.74, 6) is 0. The maximum atomic E-state index is 11.5. The maximum absolute atomic E-state index is 11.5. The Hall–Kier alpha value is -2.26. The molecule has 0 bridgehead atoms. The summed E-state index contributed by atoms with van der Waals surface area (Å²) in [6.07, 6.45) is 0.470. The van der Waals surface area contributed by atoms with Gasteiger partial charge < -0.3 is 10.1 Å². The second-order valence-electron chi connectivity index (χ2n) is 5.35. The van der Waals surface area contributed by atoms with Gasteiger partial charge in [-0.2, -0.15) is 0 Å². The zero-order valence-corrected chi connectivity index (χ0v) is 12.7. The molecule has 3 aromatic carbocycles. The van der Waals surface area contributed by atoms with E-state index in [1.54, 1.807) is 0 Å². The summed E-state index contributed by atoms with van der Waals surface area (Å²) < 4.78 is 4.98. The van der Waals surface area contributed by atoms with E-state index in [-0.39, 0.29) is 24.5 Å². The third kappa shape index (κ3) is 2.38. The van der Waals surface area contributed by atoms with Crippen molar-refractivity contribution in [1.82, 2.24) is 5.32 Å². The van der Waals surface area contributed by atoms with E-state index < -0.39 is 0 Å². The Morgan fingerprint density at radius 2 is 1.64 bits per heavy atom. The number of carbonyl (C=O) groups is 1. The molecule has 3 aromatic rings. The standard InChI is InChI=1S/C18H15NO2.ClH/c20-18-19-17(9-10-21-18)16-11-12-5-1-2-6-13(12)14-7-3-4-8-15(14)16;/h1-8,11,17H,9-10H2,(H,19,20);1H/t17-;/m1./s1. The van der Waals surface area contributed by atoms with Gasteiger partial charge in [0.1, 0.15) is 0 Å². The van der Waals surface area contributed by atoms with E-state index >= 15 is 0 Å². The minimum absolute atomic E-state index is 0. The molecule has 0 saturated carbocycles. The number of rotatable bonds is 1. The zero-order valence-electron chi connectivity index (χ0n) is 11.9. The van der Waals surface area contributed by atoms with Crippen molar-refractivity contribution in [2.24, 2.45) is 0 Å². The predicted octanol–water partition coefficient (Wildman–Crippen LogP) is 4.59. The Labute approximate surface area is 134 Å². The van der Waals surface area contributed by atoms with Crippen LogP contribution in [-0.4, -0.2) is 12.7 Å². The smallest absolute Gasteiger partial charge is 0.407 e. The van der Waals surface area contributed by atoms with E-state index in [2.05, 4.69) is 47.8 Å². The van der Waals surface area contributed by atoms with Crippen LogP contribution in [0.4, 0.5) is 4.79 Å². The molecule has 0 aromatic heterocycles. The average Bonchev–Trinajstić information content (AvgIpc) is 2.54. The van der Waals surface area contributed by atoms with Crippen molar-refractivity contribution in [2.75, 3.05) is 6.61 Å². The van der Waals surface area contributed by atoms with E-state index in [0.29, 0.717) is 6.61 Å². The van der Waals surface area contributed by atoms with Gasteiger partial charge in [-0.05, 0) is 33.2 Å². The van der Waals surface area contributed by atoms with Crippen molar-refractivity contribution in [3.63, 3.8) is 0 Å². The Morgan fingerprint density at radius 1 is 0.955 bits per heavy atom. The molecule has 4 heteroatoms. The highest BCUT2D eigenvalue weighted by Gasteiger charge is 2.22. The van der Waals surface area contributed by atoms with Crippen LogP contribution in [0.15, 0.2) is 54.6 Å². The molecule has 1 N–H and O–H groups in total. The van der Waals surface area contributed by atoms with Crippen molar-refractivity contribution in [1.29, 1.82) is 0 Å². The Kier molecular flexibility index (Phi) is 3.90. The van der Waals surface area contributed by atoms with Crippen LogP contribution < -0.4 is 5.32 Å². The minimum atomic E-state index is -0.330. The molecule has 4 rings (SSSR count). The van der Waals surface area contributed by atoms with E-state index in [9.17, 15) is 4.79 Å². The van der Waals surface area contributed by atoms with Gasteiger partial charge in [0.25, 0.3) is 0 Å². The van der Waals surface area contributed by atoms with Gasteiger partial charge in [0, 0.05) is 6.42 Å². The number of carbonyl (C=O) groups excluding carboxylic acids is 1. The average molecular weight is 314 g/mol. The van der Waals surface area contributed by atoms with Crippen LogP contribution >= 0.6 is 12.4 Å². The summed E-state index contributed by atoms with van der Waals surface area (Å²) in [5.41, 5.74) is 1.17. The van der Waals surface area contributed by atoms with Gasteiger partial charge in [-0.25, -0.2) is 4.79 Å². The first-order valence-electron chi connectivity index (χ1n) is 7.16. The first-order valence-corrected chi connectivity index (χ1v) is 7.16. The number of cyclic esters (lactones) is 1. The Morgan fingerprint density at radius 3 is 2.41 bits per heavy atom. The quantitative estimate of drug-likeness (QED) is 0.667. The lowest BCUT2D eigenvalue weighted by molar-refractivity contribution is 0.116. The zero-order chi connectivity index (χ0) is 14.2. The van der Waals surface area contributed by atoms with Gasteiger partial charge in [-0.1, -0.05) is 48.5 Å². The number of ether oxygens (including phenoxy) is 1. The summed E-state index contributed by atoms with van der Waals surface area (Å²) in [5, 5.41) is 7.80. The summed E-state index contributed by atoms with van der Waals surface area (Å²) in [4.78, 5) is 11.5. The number of benzene rings is 3. The van der Waals surface area contributed by atoms with Crippen molar-refractivity contribution >= 4 is 40.0 Å². The molecule has 1 saturated heterocycles. The fraction of sp³-hybridized carbons (Fsp3) is 0.167. The normalized spacial score (nSPS) is 17.6. The van der Waals surface area contributed by atoms with E-state index in [1.165, 1.54) is 27.1 Å². The molecule has 1 aliphatic rings. The molecule has 1 atom stereocenters. The van der Waals surface area contributed by atoms with E-state index in [4.69, 9.17) is 4.74 Å². The second-order valence-corrected chi connectivity index (χ2v) is 5.35. The lowest BCUT2D eigenvalue weighted by Gasteiger charge is -2.25. The fourth-order valence-electron chi connectivity index (χ4n) is 3.13. The molecule has 0 unspecified atom stereocenters. The van der Waals surface area contributed by atoms with Crippen LogP contribution in [0.2, 0.25) is 0 Å². The first kappa shape index (κ1) is 14.7. The monoisotopic (exact) mass is 313 g/mol. The van der Waals surface area contributed by atoms with Gasteiger partial charge in [0.05, 0.1) is 12.6 Å². The van der Waals surface area contributed by atoms with Crippen LogP contribution in [0.1, 0.15) is 18.0 Å². The lowest BCUT2D eigenvalue weighted by atomic mass is 9.92. The maximum Gasteiger partial charge on any atom is 0.407 e. The molecular weight excluding hydrogens is 298 g/mol. The fourth-order valence-corrected chi connectivity index (χ4v) is 3.13. The van der Waals surface area contributed by atoms with Crippen LogP contribution in [-0.2, 0) is 4.74 Å². The molecule has 22 heavy (non-hydrogen) atoms. The molecule has 1 amide bonds. The first-order chi connectivity index (χ1) is 10.3. The third-order valence-electron chi connectivity index (χ3n) is 4.11. The number of halogens is 1. The highest BCUT2D eigenvalue weighted by molar-refractivity contribution is 6.09. The van der Waals surface area contributed by atoms with Crippen molar-refractivity contribution in [3.05, 3.63) is 60.2 Å². The topological polar surface area (TPSA) is 38.3 Å². The molecular formula is C18H16ClNO2. The number of hydrogen-bond acceptors (Lipinski definition) is 2. The molecule has 1 fully saturated rings. The van der Waals surface area contributed by atoms with Crippen molar-refractivity contribution < 1.29 is 9.53 Å². The highest BCUT2D eigenvalue weighted by atomic mass is 35.5. The minimum Gasteiger partial charge on any atom is -0.449 e. The molecule has 0 spiro atoms. The van der Waals surface area contributed by atoms with Crippen LogP contribution in [0.5, 0.6) is 0 Å². The molecule has 1 aliphatic heterocycles. The molecule has 112 valence electrons. The highest BCUT2D eigenvalue weighted by Crippen LogP contribution is 2.33. The molecule has 0 radical (unpaired) electrons. The summed E-state index contributed by atoms with van der Waals surface area (Å²) in [7, 11) is 0. The number of amides is 1. The van der Waals surface area contributed by atoms with Gasteiger partial charge in [-0.15, -0.1) is 12.4 Å². The van der Waals surface area contributed by atoms with E-state index in [1.807, 2.05) is 12.1 Å². The van der Waals surface area contributed by atoms with Crippen LogP contribution in [0.3, 0.4) is 0 Å². The number of alkyl carbamates (subject to hydrolysis) is 1. The Bertz CT molecular complexity index is 847. The van der Waals surface area contributed by atoms with Crippen molar-refractivity contribution in [3.8, 4) is 0 Å². The summed E-state index contributed by atoms with van der Waals surface area (Å²) in [6.45, 7) is 0.470. The summed E-state index contributed by atoms with van der Waals surface area (Å²) in [6, 6.07) is 18.9. The van der Waals surface area contributed by atoms with Gasteiger partial charge in [-0.3, -0.25) is 0 Å². The predicted molar refractivity (Wildman–Crippen MR) is 90.5 cm³/mol. The molecule has 0 aliphatic carbocycles. The number of fused-ring (bicyclic) bond motifs is 3. The SMILES string of the molecule is Cl.O=C1N[C@@H](c2cc3ccccc3c3ccccc23)CCO1. The van der Waals surface area contributed by atoms with Gasteiger partial charge >= 0.3 is 6.09 Å². The third-order valence-corrected chi connectivity index (χ3v) is 4.11. The van der Waals surface area contributed by atoms with Crippen molar-refractivity contribution in [2.45, 2.75) is 12.5 Å². The second kappa shape index (κ2) is 5.85. The molecule has 1 heterocycles. The molecule has 3 nitrogen and oxygen atoms in total. The number of hydrogen-bond donors (Lipinski definition) is 1. The van der Waals surface area contributed by atoms with Gasteiger partial charge in [0.2, 0.25) is 0 Å².